The molecular weight excluding hydrogens is 211 g/mol. The van der Waals surface area contributed by atoms with Crippen LogP contribution in [0.4, 0.5) is 10.1 Å². The smallest absolute Gasteiger partial charge is 0.246 e. The number of nitrogens with zero attached hydrogens (tertiary/aromatic N) is 3. The van der Waals surface area contributed by atoms with Crippen molar-refractivity contribution in [3.8, 4) is 0 Å². The van der Waals surface area contributed by atoms with Crippen molar-refractivity contribution in [1.29, 1.82) is 0 Å². The zero-order valence-electron chi connectivity index (χ0n) is 8.30. The second kappa shape index (κ2) is 4.52. The maximum absolute atomic E-state index is 12.8. The number of hydrogen-bond acceptors (Lipinski definition) is 3. The van der Waals surface area contributed by atoms with Gasteiger partial charge >= 0.3 is 0 Å². The molecule has 82 valence electrons. The molecule has 0 spiro atoms. The number of hydrogen-bond donors (Lipinski definition) is 1. The van der Waals surface area contributed by atoms with Crippen LogP contribution in [0.2, 0.25) is 0 Å². The Hall–Kier alpha value is -2.24. The van der Waals surface area contributed by atoms with Crippen LogP contribution in [-0.4, -0.2) is 20.7 Å². The summed E-state index contributed by atoms with van der Waals surface area (Å²) in [6.45, 7) is 0.0521. The monoisotopic (exact) mass is 220 g/mol. The van der Waals surface area contributed by atoms with Gasteiger partial charge in [-0.15, -0.1) is 0 Å². The molecule has 0 aliphatic rings. The van der Waals surface area contributed by atoms with E-state index in [4.69, 9.17) is 0 Å². The highest BCUT2D eigenvalue weighted by atomic mass is 19.1. The van der Waals surface area contributed by atoms with Crippen LogP contribution in [0.5, 0.6) is 0 Å². The van der Waals surface area contributed by atoms with Gasteiger partial charge < -0.3 is 5.32 Å². The third-order valence-corrected chi connectivity index (χ3v) is 1.88. The number of anilines is 1. The fourth-order valence-electron chi connectivity index (χ4n) is 1.23. The first-order chi connectivity index (χ1) is 7.74. The van der Waals surface area contributed by atoms with E-state index in [2.05, 4.69) is 15.4 Å². The van der Waals surface area contributed by atoms with Gasteiger partial charge in [-0.3, -0.25) is 4.79 Å². The van der Waals surface area contributed by atoms with Gasteiger partial charge in [0.2, 0.25) is 5.91 Å². The molecule has 2 rings (SSSR count). The van der Waals surface area contributed by atoms with E-state index in [1.807, 2.05) is 0 Å². The Kier molecular flexibility index (Phi) is 2.90. The van der Waals surface area contributed by atoms with Crippen molar-refractivity contribution >= 4 is 11.6 Å². The van der Waals surface area contributed by atoms with E-state index in [9.17, 15) is 9.18 Å². The molecule has 1 N–H and O–H groups in total. The molecule has 0 aliphatic heterocycles. The van der Waals surface area contributed by atoms with Crippen molar-refractivity contribution in [1.82, 2.24) is 14.8 Å². The molecule has 16 heavy (non-hydrogen) atoms. The number of nitrogens with one attached hydrogen (secondary N) is 1. The topological polar surface area (TPSA) is 59.8 Å². The lowest BCUT2D eigenvalue weighted by Crippen LogP contribution is -2.19. The van der Waals surface area contributed by atoms with Gasteiger partial charge in [0.05, 0.1) is 0 Å². The minimum atomic E-state index is -0.390. The van der Waals surface area contributed by atoms with Crippen LogP contribution in [-0.2, 0) is 11.3 Å². The Labute approximate surface area is 90.9 Å². The van der Waals surface area contributed by atoms with Crippen molar-refractivity contribution in [3.63, 3.8) is 0 Å². The Morgan fingerprint density at radius 3 is 3.06 bits per heavy atom. The molecule has 0 bridgehead atoms. The van der Waals surface area contributed by atoms with Gasteiger partial charge in [-0.1, -0.05) is 6.07 Å². The molecule has 0 saturated heterocycles. The highest BCUT2D eigenvalue weighted by Gasteiger charge is 2.04. The van der Waals surface area contributed by atoms with Gasteiger partial charge in [-0.25, -0.2) is 14.1 Å². The van der Waals surface area contributed by atoms with Gasteiger partial charge in [0.25, 0.3) is 0 Å². The van der Waals surface area contributed by atoms with E-state index in [1.165, 1.54) is 35.5 Å². The van der Waals surface area contributed by atoms with Gasteiger partial charge in [0, 0.05) is 5.69 Å². The van der Waals surface area contributed by atoms with Crippen LogP contribution in [0, 0.1) is 5.82 Å². The number of carbonyl (C=O) groups excluding carboxylic acids is 1. The number of rotatable bonds is 3. The second-order valence-electron chi connectivity index (χ2n) is 3.15. The average Bonchev–Trinajstić information content (AvgIpc) is 2.70. The second-order valence-corrected chi connectivity index (χ2v) is 3.15. The third kappa shape index (κ3) is 2.63. The molecule has 5 nitrogen and oxygen atoms in total. The minimum Gasteiger partial charge on any atom is -0.324 e. The van der Waals surface area contributed by atoms with E-state index in [0.717, 1.165) is 0 Å². The van der Waals surface area contributed by atoms with Crippen molar-refractivity contribution in [2.75, 3.05) is 5.32 Å². The zero-order chi connectivity index (χ0) is 11.4. The van der Waals surface area contributed by atoms with E-state index in [-0.39, 0.29) is 12.5 Å². The molecule has 2 aromatic rings. The quantitative estimate of drug-likeness (QED) is 0.841. The summed E-state index contributed by atoms with van der Waals surface area (Å²) in [5.41, 5.74) is 0.421. The van der Waals surface area contributed by atoms with E-state index < -0.39 is 5.82 Å². The molecule has 1 amide bonds. The Morgan fingerprint density at radius 2 is 2.38 bits per heavy atom. The predicted molar refractivity (Wildman–Crippen MR) is 55.1 cm³/mol. The maximum Gasteiger partial charge on any atom is 0.246 e. The van der Waals surface area contributed by atoms with Crippen LogP contribution < -0.4 is 5.32 Å². The Balaban J connectivity index is 1.97. The highest BCUT2D eigenvalue weighted by molar-refractivity contribution is 5.90. The standard InChI is InChI=1S/C10H9FN4O/c11-8-2-1-3-9(4-8)14-10(16)5-15-7-12-6-13-15/h1-4,6-7H,5H2,(H,14,16). The molecule has 1 aromatic carbocycles. The predicted octanol–water partition coefficient (Wildman–Crippen LogP) is 1.06. The molecular formula is C10H9FN4O. The molecule has 6 heteroatoms. The number of halogens is 1. The fraction of sp³-hybridized carbons (Fsp3) is 0.100. The molecule has 0 saturated carbocycles. The van der Waals surface area contributed by atoms with E-state index in [0.29, 0.717) is 5.69 Å². The highest BCUT2D eigenvalue weighted by Crippen LogP contribution is 2.08. The van der Waals surface area contributed by atoms with Crippen LogP contribution >= 0.6 is 0 Å². The summed E-state index contributed by atoms with van der Waals surface area (Å²) in [5, 5.41) is 6.34. The van der Waals surface area contributed by atoms with Crippen LogP contribution in [0.1, 0.15) is 0 Å². The maximum atomic E-state index is 12.8. The number of aromatic nitrogens is 3. The minimum absolute atomic E-state index is 0.0521. The molecule has 1 heterocycles. The molecule has 0 unspecified atom stereocenters. The SMILES string of the molecule is O=C(Cn1cncn1)Nc1cccc(F)c1. The van der Waals surface area contributed by atoms with Crippen molar-refractivity contribution in [3.05, 3.63) is 42.7 Å². The lowest BCUT2D eigenvalue weighted by molar-refractivity contribution is -0.116. The fourth-order valence-corrected chi connectivity index (χ4v) is 1.23. The van der Waals surface area contributed by atoms with Crippen LogP contribution in [0.25, 0.3) is 0 Å². The number of amides is 1. The summed E-state index contributed by atoms with van der Waals surface area (Å²) in [6.07, 6.45) is 2.78. The summed E-state index contributed by atoms with van der Waals surface area (Å²) < 4.78 is 14.2. The Morgan fingerprint density at radius 1 is 1.50 bits per heavy atom. The first kappa shape index (κ1) is 10.3. The molecule has 0 aliphatic carbocycles. The third-order valence-electron chi connectivity index (χ3n) is 1.88. The molecule has 0 fully saturated rings. The first-order valence-electron chi connectivity index (χ1n) is 4.62. The number of benzene rings is 1. The first-order valence-corrected chi connectivity index (χ1v) is 4.62. The van der Waals surface area contributed by atoms with Gasteiger partial charge in [-0.2, -0.15) is 5.10 Å². The van der Waals surface area contributed by atoms with Crippen molar-refractivity contribution in [2.24, 2.45) is 0 Å². The van der Waals surface area contributed by atoms with Crippen molar-refractivity contribution < 1.29 is 9.18 Å². The summed E-state index contributed by atoms with van der Waals surface area (Å²) in [7, 11) is 0. The normalized spacial score (nSPS) is 10.1. The zero-order valence-corrected chi connectivity index (χ0v) is 8.30. The van der Waals surface area contributed by atoms with Gasteiger partial charge in [0.15, 0.2) is 0 Å². The van der Waals surface area contributed by atoms with Crippen molar-refractivity contribution in [2.45, 2.75) is 6.54 Å². The average molecular weight is 220 g/mol. The molecule has 1 aromatic heterocycles. The Bertz CT molecular complexity index is 483. The summed E-state index contributed by atoms with van der Waals surface area (Å²) >= 11 is 0. The number of carbonyl (C=O) groups is 1. The van der Waals surface area contributed by atoms with Gasteiger partial charge in [-0.05, 0) is 18.2 Å². The summed E-state index contributed by atoms with van der Waals surface area (Å²) in [6, 6.07) is 5.70. The summed E-state index contributed by atoms with van der Waals surface area (Å²) in [4.78, 5) is 15.2. The van der Waals surface area contributed by atoms with Crippen LogP contribution in [0.15, 0.2) is 36.9 Å². The van der Waals surface area contributed by atoms with E-state index in [1.54, 1.807) is 6.07 Å². The largest absolute Gasteiger partial charge is 0.324 e. The molecule has 0 radical (unpaired) electrons. The van der Waals surface area contributed by atoms with E-state index >= 15 is 0 Å². The summed E-state index contributed by atoms with van der Waals surface area (Å²) in [5.74, 6) is -0.672. The van der Waals surface area contributed by atoms with Crippen LogP contribution in [0.3, 0.4) is 0 Å². The van der Waals surface area contributed by atoms with Gasteiger partial charge in [0.1, 0.15) is 25.0 Å². The lowest BCUT2D eigenvalue weighted by Gasteiger charge is -2.04. The molecule has 0 atom stereocenters. The lowest BCUT2D eigenvalue weighted by atomic mass is 10.3.